The third kappa shape index (κ3) is 10.5. The molecule has 7 heterocycles. The normalized spacial score (nSPS) is 12.4. The molecule has 4 aliphatic heterocycles. The number of hydrogen-bond acceptors (Lipinski definition) is 6. The number of fused-ring (bicyclic) bond motifs is 12. The van der Waals surface area contributed by atoms with Gasteiger partial charge in [0.05, 0.1) is 56.7 Å². The van der Waals surface area contributed by atoms with Crippen molar-refractivity contribution >= 4 is 90.1 Å². The van der Waals surface area contributed by atoms with E-state index in [-0.39, 0.29) is 45.6 Å². The molecule has 94 heavy (non-hydrogen) atoms. The highest BCUT2D eigenvalue weighted by Gasteiger charge is 2.34. The quantitative estimate of drug-likeness (QED) is 0.0946. The van der Waals surface area contributed by atoms with Gasteiger partial charge in [-0.05, 0) is 223 Å². The molecule has 3 aromatic heterocycles. The van der Waals surface area contributed by atoms with Gasteiger partial charge in [-0.1, -0.05) is 70.8 Å². The van der Waals surface area contributed by atoms with E-state index in [1.165, 1.54) is 47.0 Å². The molecule has 0 fully saturated rings. The summed E-state index contributed by atoms with van der Waals surface area (Å²) in [4.78, 5) is 20.5. The average molecular weight is 1300 g/mol. The van der Waals surface area contributed by atoms with Crippen molar-refractivity contribution in [3.8, 4) is 66.8 Å². The lowest BCUT2D eigenvalue weighted by Gasteiger charge is -2.14. The maximum absolute atomic E-state index is 16.8. The number of thiophene rings is 2. The van der Waals surface area contributed by atoms with Gasteiger partial charge in [-0.25, -0.2) is 63.8 Å². The number of aromatic nitrogens is 4. The predicted molar refractivity (Wildman–Crippen MR) is 364 cm³/mol. The maximum Gasteiger partial charge on any atom is 0.200 e. The summed E-state index contributed by atoms with van der Waals surface area (Å²) in [6.07, 6.45) is 12.4. The summed E-state index contributed by atoms with van der Waals surface area (Å²) in [6, 6.07) is 23.4. The third-order valence-corrected chi connectivity index (χ3v) is 19.7. The zero-order valence-corrected chi connectivity index (χ0v) is 54.6. The van der Waals surface area contributed by atoms with Crippen LogP contribution in [0, 0.1) is 141 Å². The molecule has 4 nitrogen and oxygen atoms in total. The Morgan fingerprint density at radius 2 is 0.362 bits per heavy atom. The molecule has 0 saturated carbocycles. The van der Waals surface area contributed by atoms with E-state index in [9.17, 15) is 0 Å². The van der Waals surface area contributed by atoms with Crippen LogP contribution in [0.3, 0.4) is 0 Å². The topological polar surface area (TPSA) is 51.6 Å². The predicted octanol–water partition coefficient (Wildman–Crippen LogP) is 23.2. The van der Waals surface area contributed by atoms with E-state index >= 15 is 43.9 Å². The van der Waals surface area contributed by atoms with Gasteiger partial charge in [-0.3, -0.25) is 0 Å². The standard InChI is InChI=1S/C78H56F10N4S2/c1-33-25-37(5)57(38(6)26-33)63-49-17-13-45(89-49)61(67-69(79)73(83)77(87)74(84)70(67)80)46-14-19-51(90-46)65(59-41(9)29-35(3)30-42(59)10)55-23-24-56(94-55)66(60-43(11)31-36(4)32-44(60)12)52-20-16-48(92-52)62(68-71(81)75(85)78(88)76(86)72(68)82)47-15-18-50(91-47)64(54-22-21-53(63)93-54)58-39(7)27-34(2)28-40(58)8/h13-32H,1-12H3. The van der Waals surface area contributed by atoms with Crippen molar-refractivity contribution in [2.75, 3.05) is 0 Å². The molecule has 0 spiro atoms. The molecule has 9 aromatic rings. The van der Waals surface area contributed by atoms with Crippen LogP contribution < -0.4 is 0 Å². The van der Waals surface area contributed by atoms with Gasteiger partial charge in [0.2, 0.25) is 11.6 Å². The minimum atomic E-state index is -2.33. The lowest BCUT2D eigenvalue weighted by Crippen LogP contribution is -2.06. The van der Waals surface area contributed by atoms with Crippen LogP contribution in [0.15, 0.2) is 72.8 Å². The van der Waals surface area contributed by atoms with Gasteiger partial charge in [-0.2, -0.15) is 0 Å². The highest BCUT2D eigenvalue weighted by Crippen LogP contribution is 2.48. The molecule has 4 aliphatic rings. The molecule has 16 heteroatoms. The Hall–Kier alpha value is -9.64. The Kier molecular flexibility index (Phi) is 15.9. The van der Waals surface area contributed by atoms with Gasteiger partial charge in [0.25, 0.3) is 0 Å². The van der Waals surface area contributed by atoms with Crippen LogP contribution in [-0.2, 0) is 0 Å². The first-order chi connectivity index (χ1) is 44.7. The molecule has 0 atom stereocenters. The fraction of sp³-hybridized carbons (Fsp3) is 0.154. The van der Waals surface area contributed by atoms with Crippen LogP contribution in [0.5, 0.6) is 0 Å². The summed E-state index contributed by atoms with van der Waals surface area (Å²) in [5.41, 5.74) is 12.4. The molecule has 0 radical (unpaired) electrons. The van der Waals surface area contributed by atoms with Crippen LogP contribution in [0.2, 0.25) is 0 Å². The van der Waals surface area contributed by atoms with Crippen molar-refractivity contribution in [2.45, 2.75) is 83.1 Å². The first kappa shape index (κ1) is 63.1. The van der Waals surface area contributed by atoms with Crippen molar-refractivity contribution in [1.82, 2.24) is 19.9 Å². The van der Waals surface area contributed by atoms with E-state index < -0.39 is 80.4 Å². The Morgan fingerprint density at radius 3 is 0.543 bits per heavy atom. The molecule has 0 amide bonds. The van der Waals surface area contributed by atoms with Crippen molar-refractivity contribution in [3.63, 3.8) is 0 Å². The van der Waals surface area contributed by atoms with E-state index in [0.29, 0.717) is 41.1 Å². The van der Waals surface area contributed by atoms with Crippen LogP contribution in [0.1, 0.15) is 112 Å². The second kappa shape index (κ2) is 23.7. The highest BCUT2D eigenvalue weighted by molar-refractivity contribution is 7.24. The van der Waals surface area contributed by atoms with Crippen molar-refractivity contribution in [1.29, 1.82) is 0 Å². The zero-order chi connectivity index (χ0) is 66.9. The molecule has 0 saturated heterocycles. The number of benzene rings is 6. The summed E-state index contributed by atoms with van der Waals surface area (Å²) < 4.78 is 163. The smallest absolute Gasteiger partial charge is 0.200 e. The Morgan fingerprint density at radius 1 is 0.202 bits per heavy atom. The van der Waals surface area contributed by atoms with E-state index in [1.54, 1.807) is 24.3 Å². The fourth-order valence-electron chi connectivity index (χ4n) is 14.0. The number of rotatable bonds is 6. The molecule has 12 bridgehead atoms. The Labute approximate surface area is 544 Å². The van der Waals surface area contributed by atoms with E-state index in [2.05, 4.69) is 0 Å². The van der Waals surface area contributed by atoms with E-state index in [1.807, 2.05) is 156 Å². The summed E-state index contributed by atoms with van der Waals surface area (Å²) in [5, 5.41) is 0. The van der Waals surface area contributed by atoms with E-state index in [4.69, 9.17) is 19.9 Å². The molecule has 0 aliphatic carbocycles. The molecular formula is C78H56F10N4S2. The highest BCUT2D eigenvalue weighted by atomic mass is 32.1. The van der Waals surface area contributed by atoms with Crippen molar-refractivity contribution in [2.24, 2.45) is 0 Å². The number of aryl methyl sites for hydroxylation is 12. The molecule has 0 unspecified atom stereocenters. The van der Waals surface area contributed by atoms with Gasteiger partial charge in [0.15, 0.2) is 46.5 Å². The first-order valence-corrected chi connectivity index (χ1v) is 31.7. The third-order valence-electron chi connectivity index (χ3n) is 17.4. The van der Waals surface area contributed by atoms with Gasteiger partial charge < -0.3 is 0 Å². The summed E-state index contributed by atoms with van der Waals surface area (Å²) in [6.45, 7) is 23.2. The van der Waals surface area contributed by atoms with Crippen LogP contribution in [0.25, 0.3) is 134 Å². The second-order valence-electron chi connectivity index (χ2n) is 24.4. The van der Waals surface area contributed by atoms with Crippen LogP contribution >= 0.6 is 22.7 Å². The Bertz CT molecular complexity index is 4670. The molecule has 470 valence electrons. The zero-order valence-electron chi connectivity index (χ0n) is 52.9. The Balaban J connectivity index is 1.30. The lowest BCUT2D eigenvalue weighted by atomic mass is 9.93. The van der Waals surface area contributed by atoms with Crippen molar-refractivity contribution < 1.29 is 43.9 Å². The molecular weight excluding hydrogens is 1250 g/mol. The summed E-state index contributed by atoms with van der Waals surface area (Å²) >= 11 is 2.62. The molecule has 0 N–H and O–H groups in total. The van der Waals surface area contributed by atoms with Gasteiger partial charge in [-0.15, -0.1) is 22.7 Å². The molecule has 13 rings (SSSR count). The number of nitrogens with zero attached hydrogens (tertiary/aromatic N) is 4. The van der Waals surface area contributed by atoms with Gasteiger partial charge >= 0.3 is 0 Å². The minimum absolute atomic E-state index is 0.158. The maximum atomic E-state index is 16.8. The van der Waals surface area contributed by atoms with Crippen molar-refractivity contribution in [3.05, 3.63) is 243 Å². The van der Waals surface area contributed by atoms with Gasteiger partial charge in [0.1, 0.15) is 0 Å². The second-order valence-corrected chi connectivity index (χ2v) is 26.6. The van der Waals surface area contributed by atoms with Crippen LogP contribution in [0.4, 0.5) is 43.9 Å². The first-order valence-electron chi connectivity index (χ1n) is 30.1. The largest absolute Gasteiger partial charge is 0.248 e. The number of halogens is 10. The average Bonchev–Trinajstić information content (AvgIpc) is 1.54. The van der Waals surface area contributed by atoms with Gasteiger partial charge in [0, 0.05) is 52.2 Å². The number of hydrogen-bond donors (Lipinski definition) is 0. The summed E-state index contributed by atoms with van der Waals surface area (Å²) in [5.74, 6) is -21.6. The monoisotopic (exact) mass is 1300 g/mol. The lowest BCUT2D eigenvalue weighted by molar-refractivity contribution is 0.381. The fourth-order valence-corrected chi connectivity index (χ4v) is 16.3. The summed E-state index contributed by atoms with van der Waals surface area (Å²) in [7, 11) is 0. The molecule has 6 aromatic carbocycles. The van der Waals surface area contributed by atoms with Crippen LogP contribution in [-0.4, -0.2) is 19.9 Å². The SMILES string of the molecule is Cc1cc(C)c(-c2c3nc(c(-c4c(F)c(F)c(F)c(F)c4F)c4nc(c(-c5c(C)cc(C)cc5C)c5ccc(s5)c(-c5c(C)cc(C)cc5C)c5nc(c(-c6c(F)c(F)c(F)c(F)c6F)c6nc(c(-c7c(C)cc(C)cc7C)c7ccc2s7)C=C6)C=C5)C=C4)C=C3)c(C)c1. The minimum Gasteiger partial charge on any atom is -0.248 e. The van der Waals surface area contributed by atoms with E-state index in [0.717, 1.165) is 89.0 Å².